The van der Waals surface area contributed by atoms with E-state index in [-0.39, 0.29) is 24.9 Å². The molecule has 0 spiro atoms. The summed E-state index contributed by atoms with van der Waals surface area (Å²) in [6, 6.07) is 21.0. The van der Waals surface area contributed by atoms with E-state index >= 15 is 0 Å². The lowest BCUT2D eigenvalue weighted by Gasteiger charge is -2.34. The summed E-state index contributed by atoms with van der Waals surface area (Å²) >= 11 is 6.20. The number of aryl methyl sites for hydroxylation is 2. The number of nitrogens with zero attached hydrogens (tertiary/aromatic N) is 2. The predicted molar refractivity (Wildman–Crippen MR) is 157 cm³/mol. The topological polar surface area (TPSA) is 86.8 Å². The van der Waals surface area contributed by atoms with E-state index in [1.54, 1.807) is 19.1 Å². The van der Waals surface area contributed by atoms with Crippen LogP contribution in [-0.4, -0.2) is 50.0 Å². The van der Waals surface area contributed by atoms with Gasteiger partial charge >= 0.3 is 0 Å². The minimum absolute atomic E-state index is 0.140. The van der Waals surface area contributed by atoms with Gasteiger partial charge in [-0.3, -0.25) is 13.9 Å². The first-order valence-electron chi connectivity index (χ1n) is 12.8. The number of rotatable bonds is 11. The molecule has 39 heavy (non-hydrogen) atoms. The molecule has 9 heteroatoms. The molecule has 0 heterocycles. The molecule has 0 fully saturated rings. The van der Waals surface area contributed by atoms with Gasteiger partial charge in [0.15, 0.2) is 0 Å². The molecule has 0 bridgehead atoms. The number of benzene rings is 3. The third-order valence-electron chi connectivity index (χ3n) is 6.42. The molecule has 3 aromatic rings. The summed E-state index contributed by atoms with van der Waals surface area (Å²) in [6.07, 6.45) is 1.32. The van der Waals surface area contributed by atoms with Gasteiger partial charge in [0.1, 0.15) is 12.6 Å². The fourth-order valence-electron chi connectivity index (χ4n) is 4.35. The summed E-state index contributed by atoms with van der Waals surface area (Å²) in [6.45, 7) is 7.08. The molecule has 0 saturated carbocycles. The molecule has 1 atom stereocenters. The van der Waals surface area contributed by atoms with Gasteiger partial charge in [0, 0.05) is 24.0 Å². The summed E-state index contributed by atoms with van der Waals surface area (Å²) in [5.41, 5.74) is 3.69. The molecule has 208 valence electrons. The Hall–Kier alpha value is -3.36. The van der Waals surface area contributed by atoms with Gasteiger partial charge in [0.2, 0.25) is 21.8 Å². The van der Waals surface area contributed by atoms with Crippen molar-refractivity contribution in [1.82, 2.24) is 10.2 Å². The zero-order chi connectivity index (χ0) is 28.7. The number of amides is 2. The third kappa shape index (κ3) is 8.31. The van der Waals surface area contributed by atoms with Gasteiger partial charge in [-0.1, -0.05) is 72.3 Å². The van der Waals surface area contributed by atoms with Crippen LogP contribution in [0.2, 0.25) is 5.02 Å². The summed E-state index contributed by atoms with van der Waals surface area (Å²) in [7, 11) is -3.86. The smallest absolute Gasteiger partial charge is 0.244 e. The van der Waals surface area contributed by atoms with Crippen molar-refractivity contribution in [3.05, 3.63) is 100 Å². The van der Waals surface area contributed by atoms with E-state index in [4.69, 9.17) is 11.6 Å². The molecule has 3 aromatic carbocycles. The van der Waals surface area contributed by atoms with Crippen molar-refractivity contribution in [1.29, 1.82) is 0 Å². The SMILES string of the molecule is Cc1ccccc1CN(C(=O)CN(c1cc(Cl)ccc1C)S(C)(=O)=O)C(Cc1ccccc1)C(=O)NC(C)C. The molecule has 0 aliphatic rings. The highest BCUT2D eigenvalue weighted by Gasteiger charge is 2.33. The molecule has 0 aliphatic heterocycles. The van der Waals surface area contributed by atoms with Crippen LogP contribution >= 0.6 is 11.6 Å². The summed E-state index contributed by atoms with van der Waals surface area (Å²) < 4.78 is 26.9. The lowest BCUT2D eigenvalue weighted by atomic mass is 10.0. The van der Waals surface area contributed by atoms with E-state index in [9.17, 15) is 18.0 Å². The second-order valence-corrected chi connectivity index (χ2v) is 12.4. The highest BCUT2D eigenvalue weighted by molar-refractivity contribution is 7.92. The largest absolute Gasteiger partial charge is 0.352 e. The van der Waals surface area contributed by atoms with E-state index in [2.05, 4.69) is 5.32 Å². The normalized spacial score (nSPS) is 12.2. The third-order valence-corrected chi connectivity index (χ3v) is 7.78. The van der Waals surface area contributed by atoms with E-state index in [0.29, 0.717) is 16.3 Å². The summed E-state index contributed by atoms with van der Waals surface area (Å²) in [4.78, 5) is 29.2. The standard InChI is InChI=1S/C30H36ClN3O4S/c1-21(2)32-30(36)28(17-24-12-7-6-8-13-24)33(19-25-14-10-9-11-22(25)3)29(35)20-34(39(5,37)38)27-18-26(31)16-15-23(27)4/h6-16,18,21,28H,17,19-20H2,1-5H3,(H,32,36). The molecule has 1 unspecified atom stereocenters. The van der Waals surface area contributed by atoms with Crippen LogP contribution in [0.3, 0.4) is 0 Å². The number of anilines is 1. The maximum atomic E-state index is 14.1. The maximum absolute atomic E-state index is 14.1. The molecule has 0 aliphatic carbocycles. The second-order valence-electron chi connectivity index (χ2n) is 10.0. The van der Waals surface area contributed by atoms with Crippen LogP contribution in [-0.2, 0) is 32.6 Å². The zero-order valence-corrected chi connectivity index (χ0v) is 24.6. The van der Waals surface area contributed by atoms with Crippen molar-refractivity contribution in [2.45, 2.75) is 52.7 Å². The van der Waals surface area contributed by atoms with E-state index in [1.807, 2.05) is 75.4 Å². The fraction of sp³-hybridized carbons (Fsp3) is 0.333. The Morgan fingerprint density at radius 1 is 0.923 bits per heavy atom. The summed E-state index contributed by atoms with van der Waals surface area (Å²) in [5.74, 6) is -0.802. The Bertz CT molecular complexity index is 1410. The first kappa shape index (κ1) is 30.2. The van der Waals surface area contributed by atoms with E-state index in [1.165, 1.54) is 11.0 Å². The number of nitrogens with one attached hydrogen (secondary N) is 1. The van der Waals surface area contributed by atoms with Crippen molar-refractivity contribution in [2.75, 3.05) is 17.1 Å². The molecular weight excluding hydrogens is 534 g/mol. The quantitative estimate of drug-likeness (QED) is 0.356. The first-order valence-corrected chi connectivity index (χ1v) is 15.0. The Morgan fingerprint density at radius 3 is 2.18 bits per heavy atom. The highest BCUT2D eigenvalue weighted by Crippen LogP contribution is 2.27. The molecule has 0 aromatic heterocycles. The van der Waals surface area contributed by atoms with Gasteiger partial charge in [-0.25, -0.2) is 8.42 Å². The van der Waals surface area contributed by atoms with Crippen LogP contribution in [0.5, 0.6) is 0 Å². The lowest BCUT2D eigenvalue weighted by molar-refractivity contribution is -0.140. The van der Waals surface area contributed by atoms with Crippen molar-refractivity contribution in [2.24, 2.45) is 0 Å². The van der Waals surface area contributed by atoms with Crippen molar-refractivity contribution >= 4 is 39.1 Å². The van der Waals surface area contributed by atoms with Crippen LogP contribution in [0.1, 0.15) is 36.1 Å². The minimum Gasteiger partial charge on any atom is -0.352 e. The maximum Gasteiger partial charge on any atom is 0.244 e. The minimum atomic E-state index is -3.86. The van der Waals surface area contributed by atoms with Crippen LogP contribution in [0, 0.1) is 13.8 Å². The predicted octanol–water partition coefficient (Wildman–Crippen LogP) is 4.89. The first-order chi connectivity index (χ1) is 18.4. The molecule has 0 saturated heterocycles. The van der Waals surface area contributed by atoms with Crippen LogP contribution in [0.25, 0.3) is 0 Å². The molecule has 1 N–H and O–H groups in total. The Morgan fingerprint density at radius 2 is 1.56 bits per heavy atom. The number of halogens is 1. The van der Waals surface area contributed by atoms with Crippen molar-refractivity contribution < 1.29 is 18.0 Å². The van der Waals surface area contributed by atoms with Gasteiger partial charge in [-0.15, -0.1) is 0 Å². The molecule has 0 radical (unpaired) electrons. The number of carbonyl (C=O) groups excluding carboxylic acids is 2. The molecular formula is C30H36ClN3O4S. The highest BCUT2D eigenvalue weighted by atomic mass is 35.5. The number of hydrogen-bond acceptors (Lipinski definition) is 4. The van der Waals surface area contributed by atoms with Gasteiger partial charge in [-0.2, -0.15) is 0 Å². The number of hydrogen-bond donors (Lipinski definition) is 1. The average molecular weight is 570 g/mol. The molecule has 2 amide bonds. The van der Waals surface area contributed by atoms with Gasteiger partial charge in [-0.05, 0) is 62.1 Å². The van der Waals surface area contributed by atoms with Gasteiger partial charge < -0.3 is 10.2 Å². The zero-order valence-electron chi connectivity index (χ0n) is 23.0. The fourth-order valence-corrected chi connectivity index (χ4v) is 5.42. The number of sulfonamides is 1. The molecule has 7 nitrogen and oxygen atoms in total. The van der Waals surface area contributed by atoms with Crippen LogP contribution in [0.4, 0.5) is 5.69 Å². The lowest BCUT2D eigenvalue weighted by Crippen LogP contribution is -2.54. The average Bonchev–Trinajstić information content (AvgIpc) is 2.86. The number of carbonyl (C=O) groups is 2. The summed E-state index contributed by atoms with van der Waals surface area (Å²) in [5, 5.41) is 3.30. The van der Waals surface area contributed by atoms with Gasteiger partial charge in [0.05, 0.1) is 11.9 Å². The Kier molecular flexibility index (Phi) is 10.2. The Labute approximate surface area is 236 Å². The van der Waals surface area contributed by atoms with Crippen LogP contribution < -0.4 is 9.62 Å². The van der Waals surface area contributed by atoms with Crippen LogP contribution in [0.15, 0.2) is 72.8 Å². The monoisotopic (exact) mass is 569 g/mol. The van der Waals surface area contributed by atoms with Crippen molar-refractivity contribution in [3.8, 4) is 0 Å². The molecule has 3 rings (SSSR count). The van der Waals surface area contributed by atoms with Gasteiger partial charge in [0.25, 0.3) is 0 Å². The van der Waals surface area contributed by atoms with Crippen molar-refractivity contribution in [3.63, 3.8) is 0 Å². The van der Waals surface area contributed by atoms with E-state index in [0.717, 1.165) is 27.3 Å². The second kappa shape index (κ2) is 13.1. The Balaban J connectivity index is 2.09. The van der Waals surface area contributed by atoms with E-state index < -0.39 is 28.5 Å².